The third-order valence-corrected chi connectivity index (χ3v) is 3.64. The fraction of sp³-hybridized carbons (Fsp3) is 0.571. The van der Waals surface area contributed by atoms with Gasteiger partial charge in [-0.2, -0.15) is 0 Å². The van der Waals surface area contributed by atoms with Crippen LogP contribution in [0.2, 0.25) is 0 Å². The van der Waals surface area contributed by atoms with Crippen molar-refractivity contribution in [3.8, 4) is 0 Å². The normalized spacial score (nSPS) is 12.9. The number of hydrogen-bond donors (Lipinski definition) is 1. The molecule has 90 valence electrons. The summed E-state index contributed by atoms with van der Waals surface area (Å²) >= 11 is 3.52. The minimum Gasteiger partial charge on any atom is -0.383 e. The highest BCUT2D eigenvalue weighted by Crippen LogP contribution is 2.21. The molecule has 1 unspecified atom stereocenters. The molecule has 1 rings (SSSR count). The second kappa shape index (κ2) is 6.29. The molecule has 0 aliphatic carbocycles. The number of anilines is 1. The Labute approximate surface area is 108 Å². The van der Waals surface area contributed by atoms with E-state index in [1.165, 1.54) is 28.6 Å². The summed E-state index contributed by atoms with van der Waals surface area (Å²) < 4.78 is 1.17. The van der Waals surface area contributed by atoms with Crippen LogP contribution in [0.5, 0.6) is 0 Å². The summed E-state index contributed by atoms with van der Waals surface area (Å²) in [5.74, 6) is 0.788. The first-order valence-electron chi connectivity index (χ1n) is 6.01. The lowest BCUT2D eigenvalue weighted by molar-refractivity contribution is 0.527. The number of nitrogens with one attached hydrogen (secondary N) is 1. The van der Waals surface area contributed by atoms with E-state index in [0.717, 1.165) is 5.92 Å². The van der Waals surface area contributed by atoms with E-state index in [2.05, 4.69) is 67.1 Å². The molecule has 1 aromatic carbocycles. The standard InChI is InChI=1S/C14H22BrN/c1-10(2)5-6-12(4)16-13-7-8-14(15)11(3)9-13/h7-10,12,16H,5-6H2,1-4H3. The van der Waals surface area contributed by atoms with E-state index < -0.39 is 0 Å². The second-order valence-corrected chi connectivity index (χ2v) is 5.83. The first-order chi connectivity index (χ1) is 7.49. The van der Waals surface area contributed by atoms with Gasteiger partial charge < -0.3 is 5.32 Å². The molecule has 1 aromatic rings. The molecule has 1 atom stereocenters. The topological polar surface area (TPSA) is 12.0 Å². The summed E-state index contributed by atoms with van der Waals surface area (Å²) in [6.45, 7) is 8.92. The Morgan fingerprint density at radius 3 is 2.44 bits per heavy atom. The van der Waals surface area contributed by atoms with Crippen LogP contribution in [0.4, 0.5) is 5.69 Å². The van der Waals surface area contributed by atoms with E-state index in [1.807, 2.05) is 0 Å². The van der Waals surface area contributed by atoms with E-state index in [1.54, 1.807) is 0 Å². The van der Waals surface area contributed by atoms with Crippen LogP contribution in [0.3, 0.4) is 0 Å². The molecule has 1 N–H and O–H groups in total. The van der Waals surface area contributed by atoms with Crippen molar-refractivity contribution >= 4 is 21.6 Å². The van der Waals surface area contributed by atoms with Crippen LogP contribution in [0, 0.1) is 12.8 Å². The molecule has 0 aliphatic heterocycles. The Hall–Kier alpha value is -0.500. The minimum absolute atomic E-state index is 0.544. The van der Waals surface area contributed by atoms with Crippen molar-refractivity contribution < 1.29 is 0 Å². The van der Waals surface area contributed by atoms with Crippen molar-refractivity contribution in [3.05, 3.63) is 28.2 Å². The van der Waals surface area contributed by atoms with Crippen molar-refractivity contribution in [3.63, 3.8) is 0 Å². The van der Waals surface area contributed by atoms with Crippen molar-refractivity contribution in [2.24, 2.45) is 5.92 Å². The van der Waals surface area contributed by atoms with Gasteiger partial charge in [0, 0.05) is 16.2 Å². The van der Waals surface area contributed by atoms with Crippen LogP contribution in [-0.4, -0.2) is 6.04 Å². The summed E-state index contributed by atoms with van der Waals surface area (Å²) in [6.07, 6.45) is 2.51. The van der Waals surface area contributed by atoms with Gasteiger partial charge in [0.25, 0.3) is 0 Å². The van der Waals surface area contributed by atoms with Gasteiger partial charge in [0.05, 0.1) is 0 Å². The number of aryl methyl sites for hydroxylation is 1. The minimum atomic E-state index is 0.544. The molecule has 0 aliphatic rings. The molecule has 0 heterocycles. The van der Waals surface area contributed by atoms with E-state index >= 15 is 0 Å². The molecule has 0 amide bonds. The molecule has 1 nitrogen and oxygen atoms in total. The zero-order chi connectivity index (χ0) is 12.1. The summed E-state index contributed by atoms with van der Waals surface area (Å²) in [6, 6.07) is 6.97. The third-order valence-electron chi connectivity index (χ3n) is 2.75. The first-order valence-corrected chi connectivity index (χ1v) is 6.81. The molecule has 0 saturated carbocycles. The van der Waals surface area contributed by atoms with E-state index in [9.17, 15) is 0 Å². The van der Waals surface area contributed by atoms with Gasteiger partial charge in [-0.3, -0.25) is 0 Å². The van der Waals surface area contributed by atoms with Gasteiger partial charge in [-0.1, -0.05) is 29.8 Å². The van der Waals surface area contributed by atoms with Crippen LogP contribution >= 0.6 is 15.9 Å². The monoisotopic (exact) mass is 283 g/mol. The largest absolute Gasteiger partial charge is 0.383 e. The van der Waals surface area contributed by atoms with E-state index in [4.69, 9.17) is 0 Å². The summed E-state index contributed by atoms with van der Waals surface area (Å²) in [5.41, 5.74) is 2.50. The summed E-state index contributed by atoms with van der Waals surface area (Å²) in [7, 11) is 0. The Kier molecular flexibility index (Phi) is 5.33. The molecule has 16 heavy (non-hydrogen) atoms. The molecule has 0 fully saturated rings. The molecule has 0 saturated heterocycles. The molecule has 0 radical (unpaired) electrons. The highest BCUT2D eigenvalue weighted by atomic mass is 79.9. The Balaban J connectivity index is 2.49. The van der Waals surface area contributed by atoms with Crippen LogP contribution in [0.15, 0.2) is 22.7 Å². The lowest BCUT2D eigenvalue weighted by Gasteiger charge is -2.17. The quantitative estimate of drug-likeness (QED) is 0.802. The fourth-order valence-electron chi connectivity index (χ4n) is 1.67. The SMILES string of the molecule is Cc1cc(NC(C)CCC(C)C)ccc1Br. The maximum atomic E-state index is 3.54. The molecular weight excluding hydrogens is 262 g/mol. The second-order valence-electron chi connectivity index (χ2n) is 4.98. The van der Waals surface area contributed by atoms with Crippen molar-refractivity contribution in [1.29, 1.82) is 0 Å². The maximum absolute atomic E-state index is 3.54. The molecule has 2 heteroatoms. The Bertz CT molecular complexity index is 334. The maximum Gasteiger partial charge on any atom is 0.0345 e. The van der Waals surface area contributed by atoms with Crippen molar-refractivity contribution in [2.45, 2.75) is 46.6 Å². The molecule has 0 aromatic heterocycles. The van der Waals surface area contributed by atoms with Gasteiger partial charge in [0.15, 0.2) is 0 Å². The molecular formula is C14H22BrN. The van der Waals surface area contributed by atoms with E-state index in [0.29, 0.717) is 6.04 Å². The smallest absolute Gasteiger partial charge is 0.0345 e. The van der Waals surface area contributed by atoms with Crippen LogP contribution in [0.1, 0.15) is 39.2 Å². The van der Waals surface area contributed by atoms with Crippen molar-refractivity contribution in [1.82, 2.24) is 0 Å². The van der Waals surface area contributed by atoms with Gasteiger partial charge >= 0.3 is 0 Å². The fourth-order valence-corrected chi connectivity index (χ4v) is 1.92. The van der Waals surface area contributed by atoms with E-state index in [-0.39, 0.29) is 0 Å². The average Bonchev–Trinajstić information content (AvgIpc) is 2.21. The zero-order valence-electron chi connectivity index (χ0n) is 10.7. The van der Waals surface area contributed by atoms with Crippen LogP contribution in [0.25, 0.3) is 0 Å². The third kappa shape index (κ3) is 4.56. The highest BCUT2D eigenvalue weighted by molar-refractivity contribution is 9.10. The Morgan fingerprint density at radius 1 is 1.19 bits per heavy atom. The van der Waals surface area contributed by atoms with Gasteiger partial charge in [-0.05, 0) is 56.4 Å². The number of rotatable bonds is 5. The molecule has 0 bridgehead atoms. The van der Waals surface area contributed by atoms with Gasteiger partial charge in [0.2, 0.25) is 0 Å². The summed E-state index contributed by atoms with van der Waals surface area (Å²) in [4.78, 5) is 0. The number of hydrogen-bond acceptors (Lipinski definition) is 1. The van der Waals surface area contributed by atoms with Gasteiger partial charge in [-0.25, -0.2) is 0 Å². The van der Waals surface area contributed by atoms with Gasteiger partial charge in [-0.15, -0.1) is 0 Å². The predicted molar refractivity (Wildman–Crippen MR) is 76.0 cm³/mol. The lowest BCUT2D eigenvalue weighted by atomic mass is 10.0. The zero-order valence-corrected chi connectivity index (χ0v) is 12.3. The van der Waals surface area contributed by atoms with Crippen LogP contribution in [-0.2, 0) is 0 Å². The first kappa shape index (κ1) is 13.6. The number of halogens is 1. The Morgan fingerprint density at radius 2 is 1.88 bits per heavy atom. The van der Waals surface area contributed by atoms with Gasteiger partial charge in [0.1, 0.15) is 0 Å². The lowest BCUT2D eigenvalue weighted by Crippen LogP contribution is -2.15. The van der Waals surface area contributed by atoms with Crippen LogP contribution < -0.4 is 5.32 Å². The highest BCUT2D eigenvalue weighted by Gasteiger charge is 2.04. The summed E-state index contributed by atoms with van der Waals surface area (Å²) in [5, 5.41) is 3.54. The average molecular weight is 284 g/mol. The molecule has 0 spiro atoms. The predicted octanol–water partition coefficient (Wildman–Crippen LogP) is 4.99. The van der Waals surface area contributed by atoms with Crippen molar-refractivity contribution in [2.75, 3.05) is 5.32 Å². The number of benzene rings is 1.